The number of likely N-dealkylation sites (tertiary alicyclic amines) is 1. The lowest BCUT2D eigenvalue weighted by atomic mass is 9.95. The number of phenols is 1. The summed E-state index contributed by atoms with van der Waals surface area (Å²) >= 11 is 0. The van der Waals surface area contributed by atoms with E-state index < -0.39 is 28.4 Å². The van der Waals surface area contributed by atoms with E-state index in [1.165, 1.54) is 42.3 Å². The molecule has 10 heteroatoms. The second kappa shape index (κ2) is 9.06. The molecule has 10 nitrogen and oxygen atoms in total. The number of Topliss-reactive ketones (excluding diaryl/α,β-unsaturated/α-hetero) is 1. The molecular formula is C22H23N3O7. The van der Waals surface area contributed by atoms with Crippen LogP contribution in [0.2, 0.25) is 0 Å². The molecule has 0 aliphatic carbocycles. The Bertz CT molecular complexity index is 1110. The molecule has 1 aliphatic rings. The first-order valence-corrected chi connectivity index (χ1v) is 9.70. The van der Waals surface area contributed by atoms with Crippen molar-refractivity contribution < 1.29 is 29.5 Å². The van der Waals surface area contributed by atoms with E-state index in [1.807, 2.05) is 19.0 Å². The van der Waals surface area contributed by atoms with Crippen LogP contribution in [-0.4, -0.2) is 70.9 Å². The van der Waals surface area contributed by atoms with Gasteiger partial charge in [0, 0.05) is 30.8 Å². The predicted molar refractivity (Wildman–Crippen MR) is 115 cm³/mol. The van der Waals surface area contributed by atoms with E-state index in [4.69, 9.17) is 4.74 Å². The van der Waals surface area contributed by atoms with E-state index in [0.29, 0.717) is 12.1 Å². The number of carbonyl (C=O) groups excluding carboxylic acids is 2. The molecule has 1 aliphatic heterocycles. The van der Waals surface area contributed by atoms with Gasteiger partial charge >= 0.3 is 0 Å². The summed E-state index contributed by atoms with van der Waals surface area (Å²) in [5.74, 6) is -2.23. The van der Waals surface area contributed by atoms with Crippen LogP contribution >= 0.6 is 0 Å². The number of aliphatic hydroxyl groups excluding tert-OH is 1. The number of phenolic OH excluding ortho intramolecular Hbond substituents is 1. The van der Waals surface area contributed by atoms with Gasteiger partial charge in [-0.1, -0.05) is 18.2 Å². The van der Waals surface area contributed by atoms with E-state index >= 15 is 0 Å². The number of nitro benzene ring substituents is 1. The van der Waals surface area contributed by atoms with Crippen molar-refractivity contribution in [3.63, 3.8) is 0 Å². The Morgan fingerprint density at radius 3 is 2.53 bits per heavy atom. The number of ether oxygens (including phenoxy) is 1. The first kappa shape index (κ1) is 22.8. The Morgan fingerprint density at radius 1 is 1.22 bits per heavy atom. The first-order chi connectivity index (χ1) is 15.1. The maximum absolute atomic E-state index is 12.9. The monoisotopic (exact) mass is 441 g/mol. The SMILES string of the molecule is COc1ccc(C2/C(=C(/O)c3cccc([N+](=O)[O-])c3)C(=O)C(=O)N2CCN(C)C)cc1O. The highest BCUT2D eigenvalue weighted by atomic mass is 16.6. The molecule has 1 fully saturated rings. The summed E-state index contributed by atoms with van der Waals surface area (Å²) in [6, 6.07) is 8.62. The smallest absolute Gasteiger partial charge is 0.295 e. The van der Waals surface area contributed by atoms with E-state index in [-0.39, 0.29) is 34.9 Å². The van der Waals surface area contributed by atoms with Crippen molar-refractivity contribution in [3.8, 4) is 11.5 Å². The number of aromatic hydroxyl groups is 1. The fraction of sp³-hybridized carbons (Fsp3) is 0.273. The summed E-state index contributed by atoms with van der Waals surface area (Å²) in [6.45, 7) is 0.628. The predicted octanol–water partition coefficient (Wildman–Crippen LogP) is 2.29. The third-order valence-electron chi connectivity index (χ3n) is 5.18. The van der Waals surface area contributed by atoms with E-state index in [0.717, 1.165) is 6.07 Å². The number of hydrogen-bond acceptors (Lipinski definition) is 8. The molecule has 0 bridgehead atoms. The number of nitrogens with zero attached hydrogens (tertiary/aromatic N) is 3. The molecule has 2 aromatic carbocycles. The molecule has 1 amide bonds. The molecule has 1 atom stereocenters. The number of likely N-dealkylation sites (N-methyl/N-ethyl adjacent to an activating group) is 1. The summed E-state index contributed by atoms with van der Waals surface area (Å²) in [5.41, 5.74) is -0.0610. The number of ketones is 1. The van der Waals surface area contributed by atoms with Crippen molar-refractivity contribution in [2.24, 2.45) is 0 Å². The lowest BCUT2D eigenvalue weighted by Gasteiger charge is -2.26. The van der Waals surface area contributed by atoms with Crippen LogP contribution in [-0.2, 0) is 9.59 Å². The average molecular weight is 441 g/mol. The summed E-state index contributed by atoms with van der Waals surface area (Å²) in [4.78, 5) is 39.5. The zero-order chi connectivity index (χ0) is 23.6. The largest absolute Gasteiger partial charge is 0.507 e. The topological polar surface area (TPSA) is 133 Å². The van der Waals surface area contributed by atoms with Crippen LogP contribution in [0.25, 0.3) is 5.76 Å². The van der Waals surface area contributed by atoms with Crippen molar-refractivity contribution in [1.29, 1.82) is 0 Å². The number of methoxy groups -OCH3 is 1. The Kier molecular flexibility index (Phi) is 6.45. The zero-order valence-corrected chi connectivity index (χ0v) is 17.8. The van der Waals surface area contributed by atoms with Crippen LogP contribution in [0.4, 0.5) is 5.69 Å². The van der Waals surface area contributed by atoms with Gasteiger partial charge in [0.15, 0.2) is 11.5 Å². The van der Waals surface area contributed by atoms with Gasteiger partial charge in [0.2, 0.25) is 0 Å². The number of hydrogen-bond donors (Lipinski definition) is 2. The summed E-state index contributed by atoms with van der Waals surface area (Å²) in [6.07, 6.45) is 0. The fourth-order valence-corrected chi connectivity index (χ4v) is 3.56. The van der Waals surface area contributed by atoms with E-state index in [2.05, 4.69) is 0 Å². The molecule has 2 N–H and O–H groups in total. The number of nitro groups is 1. The quantitative estimate of drug-likeness (QED) is 0.220. The van der Waals surface area contributed by atoms with Crippen LogP contribution < -0.4 is 4.74 Å². The van der Waals surface area contributed by atoms with Gasteiger partial charge in [0.1, 0.15) is 5.76 Å². The summed E-state index contributed by atoms with van der Waals surface area (Å²) in [7, 11) is 5.02. The molecule has 168 valence electrons. The van der Waals surface area contributed by atoms with Crippen molar-refractivity contribution in [2.45, 2.75) is 6.04 Å². The zero-order valence-electron chi connectivity index (χ0n) is 17.8. The molecule has 2 aromatic rings. The number of non-ortho nitro benzene ring substituents is 1. The molecule has 1 heterocycles. The maximum atomic E-state index is 12.9. The van der Waals surface area contributed by atoms with Crippen LogP contribution in [0.5, 0.6) is 11.5 Å². The number of rotatable bonds is 7. The minimum atomic E-state index is -0.994. The number of amides is 1. The van der Waals surface area contributed by atoms with Crippen LogP contribution in [0, 0.1) is 10.1 Å². The average Bonchev–Trinajstić information content (AvgIpc) is 3.01. The van der Waals surface area contributed by atoms with Gasteiger partial charge in [-0.05, 0) is 31.8 Å². The number of carbonyl (C=O) groups is 2. The summed E-state index contributed by atoms with van der Waals surface area (Å²) in [5, 5.41) is 32.4. The Hall–Kier alpha value is -3.92. The molecule has 1 saturated heterocycles. The van der Waals surface area contributed by atoms with Gasteiger partial charge in [-0.15, -0.1) is 0 Å². The normalized spacial score (nSPS) is 17.8. The number of aliphatic hydroxyl groups is 1. The third kappa shape index (κ3) is 4.26. The maximum Gasteiger partial charge on any atom is 0.295 e. The van der Waals surface area contributed by atoms with Crippen LogP contribution in [0.1, 0.15) is 17.2 Å². The van der Waals surface area contributed by atoms with Crippen molar-refractivity contribution >= 4 is 23.1 Å². The second-order valence-electron chi connectivity index (χ2n) is 7.53. The van der Waals surface area contributed by atoms with E-state index in [9.17, 15) is 29.9 Å². The third-order valence-corrected chi connectivity index (χ3v) is 5.18. The van der Waals surface area contributed by atoms with Gasteiger partial charge in [0.25, 0.3) is 17.4 Å². The molecule has 3 rings (SSSR count). The van der Waals surface area contributed by atoms with Gasteiger partial charge in [0.05, 0.1) is 23.6 Å². The van der Waals surface area contributed by atoms with Gasteiger partial charge in [-0.2, -0.15) is 0 Å². The first-order valence-electron chi connectivity index (χ1n) is 9.70. The molecule has 0 aromatic heterocycles. The minimum Gasteiger partial charge on any atom is -0.507 e. The standard InChI is InChI=1S/C22H23N3O7/c1-23(2)9-10-24-19(13-7-8-17(32-3)16(26)12-13)18(21(28)22(24)29)20(27)14-5-4-6-15(11-14)25(30)31/h4-8,11-12,19,26-27H,9-10H2,1-3H3/b20-18-. The van der Waals surface area contributed by atoms with Crippen LogP contribution in [0.15, 0.2) is 48.0 Å². The van der Waals surface area contributed by atoms with Crippen molar-refractivity contribution in [2.75, 3.05) is 34.3 Å². The molecule has 0 saturated carbocycles. The highest BCUT2D eigenvalue weighted by Gasteiger charge is 2.46. The Balaban J connectivity index is 2.19. The Labute approximate surface area is 184 Å². The lowest BCUT2D eigenvalue weighted by molar-refractivity contribution is -0.384. The van der Waals surface area contributed by atoms with E-state index in [1.54, 1.807) is 6.07 Å². The molecule has 32 heavy (non-hydrogen) atoms. The molecule has 0 radical (unpaired) electrons. The van der Waals surface area contributed by atoms with Gasteiger partial charge in [-0.3, -0.25) is 19.7 Å². The van der Waals surface area contributed by atoms with Gasteiger partial charge in [-0.25, -0.2) is 0 Å². The van der Waals surface area contributed by atoms with Crippen molar-refractivity contribution in [1.82, 2.24) is 9.80 Å². The fourth-order valence-electron chi connectivity index (χ4n) is 3.56. The van der Waals surface area contributed by atoms with Crippen molar-refractivity contribution in [3.05, 3.63) is 69.3 Å². The second-order valence-corrected chi connectivity index (χ2v) is 7.53. The highest BCUT2D eigenvalue weighted by Crippen LogP contribution is 2.41. The highest BCUT2D eigenvalue weighted by molar-refractivity contribution is 6.46. The molecular weight excluding hydrogens is 418 g/mol. The minimum absolute atomic E-state index is 0.0348. The lowest BCUT2D eigenvalue weighted by Crippen LogP contribution is -2.35. The van der Waals surface area contributed by atoms with Crippen LogP contribution in [0.3, 0.4) is 0 Å². The van der Waals surface area contributed by atoms with Gasteiger partial charge < -0.3 is 24.7 Å². The molecule has 1 unspecified atom stereocenters. The summed E-state index contributed by atoms with van der Waals surface area (Å²) < 4.78 is 5.06. The molecule has 0 spiro atoms. The Morgan fingerprint density at radius 2 is 1.94 bits per heavy atom. The number of benzene rings is 2.